The highest BCUT2D eigenvalue weighted by molar-refractivity contribution is 5.84. The number of likely N-dealkylation sites (N-methyl/N-ethyl adjacent to an activating group) is 1. The third-order valence-electron chi connectivity index (χ3n) is 4.52. The predicted molar refractivity (Wildman–Crippen MR) is 85.1 cm³/mol. The van der Waals surface area contributed by atoms with Crippen LogP contribution in [0.25, 0.3) is 0 Å². The first-order valence-electron chi connectivity index (χ1n) is 7.93. The van der Waals surface area contributed by atoms with Gasteiger partial charge in [0.1, 0.15) is 5.54 Å². The first kappa shape index (κ1) is 16.6. The SMILES string of the molecule is CN(Cc1ccc(F)c(F)c1)C(=O)C1(n2cccn2)CCNCC1. The molecule has 0 atom stereocenters. The van der Waals surface area contributed by atoms with Gasteiger partial charge < -0.3 is 10.2 Å². The summed E-state index contributed by atoms with van der Waals surface area (Å²) in [6, 6.07) is 5.50. The summed E-state index contributed by atoms with van der Waals surface area (Å²) < 4.78 is 28.2. The van der Waals surface area contributed by atoms with Crippen LogP contribution in [0, 0.1) is 11.6 Å². The normalized spacial score (nSPS) is 16.8. The number of rotatable bonds is 4. The third-order valence-corrected chi connectivity index (χ3v) is 4.52. The fourth-order valence-corrected chi connectivity index (χ4v) is 3.24. The molecule has 0 spiro atoms. The van der Waals surface area contributed by atoms with Crippen molar-refractivity contribution in [2.24, 2.45) is 0 Å². The second kappa shape index (κ2) is 6.68. The van der Waals surface area contributed by atoms with Crippen molar-refractivity contribution in [2.45, 2.75) is 24.9 Å². The molecule has 1 fully saturated rings. The van der Waals surface area contributed by atoms with Crippen LogP contribution in [0.4, 0.5) is 8.78 Å². The molecule has 0 radical (unpaired) electrons. The Bertz CT molecular complexity index is 711. The summed E-state index contributed by atoms with van der Waals surface area (Å²) in [5.41, 5.74) is -0.184. The molecule has 128 valence electrons. The number of hydrogen-bond acceptors (Lipinski definition) is 3. The Hall–Kier alpha value is -2.28. The largest absolute Gasteiger partial charge is 0.339 e. The highest BCUT2D eigenvalue weighted by Crippen LogP contribution is 2.29. The first-order valence-corrected chi connectivity index (χ1v) is 7.93. The molecular weight excluding hydrogens is 314 g/mol. The number of benzene rings is 1. The van der Waals surface area contributed by atoms with E-state index in [0.717, 1.165) is 25.2 Å². The number of amides is 1. The van der Waals surface area contributed by atoms with Gasteiger partial charge in [-0.15, -0.1) is 0 Å². The maximum Gasteiger partial charge on any atom is 0.250 e. The lowest BCUT2D eigenvalue weighted by Gasteiger charge is -2.39. The maximum atomic E-state index is 13.4. The van der Waals surface area contributed by atoms with Gasteiger partial charge in [-0.05, 0) is 49.7 Å². The minimum Gasteiger partial charge on any atom is -0.339 e. The van der Waals surface area contributed by atoms with Gasteiger partial charge in [0.25, 0.3) is 5.91 Å². The lowest BCUT2D eigenvalue weighted by Crippen LogP contribution is -2.54. The zero-order chi connectivity index (χ0) is 17.2. The number of piperidine rings is 1. The van der Waals surface area contributed by atoms with Crippen molar-refractivity contribution < 1.29 is 13.6 Å². The molecule has 0 unspecified atom stereocenters. The number of carbonyl (C=O) groups excluding carboxylic acids is 1. The van der Waals surface area contributed by atoms with Crippen molar-refractivity contribution in [3.63, 3.8) is 0 Å². The minimum absolute atomic E-state index is 0.0718. The van der Waals surface area contributed by atoms with Crippen LogP contribution in [0.1, 0.15) is 18.4 Å². The van der Waals surface area contributed by atoms with Gasteiger partial charge in [-0.2, -0.15) is 5.10 Å². The van der Waals surface area contributed by atoms with Crippen LogP contribution in [-0.2, 0) is 16.9 Å². The molecule has 1 amide bonds. The Morgan fingerprint density at radius 2 is 2.08 bits per heavy atom. The Morgan fingerprint density at radius 1 is 1.33 bits per heavy atom. The molecular formula is C17H20F2N4O. The maximum absolute atomic E-state index is 13.4. The monoisotopic (exact) mass is 334 g/mol. The lowest BCUT2D eigenvalue weighted by atomic mass is 9.86. The standard InChI is InChI=1S/C17H20F2N4O/c1-22(12-13-3-4-14(18)15(19)11-13)16(24)17(5-8-20-9-6-17)23-10-2-7-21-23/h2-4,7,10-11,20H,5-6,8-9,12H2,1H3. The van der Waals surface area contributed by atoms with Crippen LogP contribution in [0.3, 0.4) is 0 Å². The zero-order valence-electron chi connectivity index (χ0n) is 13.5. The molecule has 0 aliphatic carbocycles. The third kappa shape index (κ3) is 3.03. The van der Waals surface area contributed by atoms with Crippen LogP contribution in [0.15, 0.2) is 36.7 Å². The lowest BCUT2D eigenvalue weighted by molar-refractivity contribution is -0.142. The van der Waals surface area contributed by atoms with E-state index in [9.17, 15) is 13.6 Å². The molecule has 24 heavy (non-hydrogen) atoms. The molecule has 1 N–H and O–H groups in total. The van der Waals surface area contributed by atoms with Crippen molar-refractivity contribution in [3.8, 4) is 0 Å². The van der Waals surface area contributed by atoms with Crippen molar-refractivity contribution in [1.29, 1.82) is 0 Å². The van der Waals surface area contributed by atoms with Gasteiger partial charge in [0.2, 0.25) is 0 Å². The predicted octanol–water partition coefficient (Wildman–Crippen LogP) is 1.90. The molecule has 2 heterocycles. The second-order valence-electron chi connectivity index (χ2n) is 6.14. The van der Waals surface area contributed by atoms with Gasteiger partial charge in [0.05, 0.1) is 0 Å². The summed E-state index contributed by atoms with van der Waals surface area (Å²) in [7, 11) is 1.68. The quantitative estimate of drug-likeness (QED) is 0.929. The van der Waals surface area contributed by atoms with E-state index in [-0.39, 0.29) is 12.5 Å². The number of nitrogens with one attached hydrogen (secondary N) is 1. The van der Waals surface area contributed by atoms with Crippen LogP contribution in [-0.4, -0.2) is 40.7 Å². The van der Waals surface area contributed by atoms with Crippen LogP contribution in [0.5, 0.6) is 0 Å². The first-order chi connectivity index (χ1) is 11.5. The number of carbonyl (C=O) groups is 1. The van der Waals surface area contributed by atoms with Gasteiger partial charge in [0, 0.05) is 26.0 Å². The molecule has 1 saturated heterocycles. The zero-order valence-corrected chi connectivity index (χ0v) is 13.5. The molecule has 1 aliphatic rings. The molecule has 1 aromatic carbocycles. The van der Waals surface area contributed by atoms with E-state index in [1.807, 2.05) is 0 Å². The fraction of sp³-hybridized carbons (Fsp3) is 0.412. The summed E-state index contributed by atoms with van der Waals surface area (Å²) in [6.07, 6.45) is 4.73. The average Bonchev–Trinajstić information content (AvgIpc) is 3.13. The molecule has 0 saturated carbocycles. The Labute approximate surface area is 139 Å². The molecule has 2 aromatic rings. The highest BCUT2D eigenvalue weighted by atomic mass is 19.2. The Morgan fingerprint density at radius 3 is 2.71 bits per heavy atom. The van der Waals surface area contributed by atoms with Crippen molar-refractivity contribution in [3.05, 3.63) is 53.9 Å². The summed E-state index contributed by atoms with van der Waals surface area (Å²) in [5, 5.41) is 7.54. The number of halogens is 2. The van der Waals surface area contributed by atoms with Crippen LogP contribution >= 0.6 is 0 Å². The molecule has 1 aliphatic heterocycles. The van der Waals surface area contributed by atoms with Crippen molar-refractivity contribution >= 4 is 5.91 Å². The van der Waals surface area contributed by atoms with E-state index < -0.39 is 17.2 Å². The topological polar surface area (TPSA) is 50.2 Å². The molecule has 1 aromatic heterocycles. The van der Waals surface area contributed by atoms with E-state index in [1.54, 1.807) is 35.1 Å². The van der Waals surface area contributed by atoms with E-state index >= 15 is 0 Å². The fourth-order valence-electron chi connectivity index (χ4n) is 3.24. The van der Waals surface area contributed by atoms with E-state index in [1.165, 1.54) is 6.07 Å². The van der Waals surface area contributed by atoms with Crippen molar-refractivity contribution in [1.82, 2.24) is 20.0 Å². The number of aromatic nitrogens is 2. The Kier molecular flexibility index (Phi) is 4.62. The number of nitrogens with zero attached hydrogens (tertiary/aromatic N) is 3. The van der Waals surface area contributed by atoms with Crippen LogP contribution < -0.4 is 5.32 Å². The van der Waals surface area contributed by atoms with E-state index in [2.05, 4.69) is 10.4 Å². The molecule has 3 rings (SSSR count). The summed E-state index contributed by atoms with van der Waals surface area (Å²) in [6.45, 7) is 1.67. The average molecular weight is 334 g/mol. The van der Waals surface area contributed by atoms with Gasteiger partial charge in [-0.25, -0.2) is 8.78 Å². The molecule has 0 bridgehead atoms. The van der Waals surface area contributed by atoms with Gasteiger partial charge in [-0.1, -0.05) is 6.07 Å². The van der Waals surface area contributed by atoms with Crippen LogP contribution in [0.2, 0.25) is 0 Å². The molecule has 5 nitrogen and oxygen atoms in total. The summed E-state index contributed by atoms with van der Waals surface area (Å²) in [4.78, 5) is 14.7. The van der Waals surface area contributed by atoms with Gasteiger partial charge >= 0.3 is 0 Å². The minimum atomic E-state index is -0.906. The van der Waals surface area contributed by atoms with E-state index in [0.29, 0.717) is 18.4 Å². The van der Waals surface area contributed by atoms with Crippen molar-refractivity contribution in [2.75, 3.05) is 20.1 Å². The van der Waals surface area contributed by atoms with Gasteiger partial charge in [0.15, 0.2) is 11.6 Å². The second-order valence-corrected chi connectivity index (χ2v) is 6.14. The highest BCUT2D eigenvalue weighted by Gasteiger charge is 2.43. The Balaban J connectivity index is 1.83. The molecule has 7 heteroatoms. The summed E-state index contributed by atoms with van der Waals surface area (Å²) in [5.74, 6) is -1.87. The van der Waals surface area contributed by atoms with E-state index in [4.69, 9.17) is 0 Å². The summed E-state index contributed by atoms with van der Waals surface area (Å²) >= 11 is 0. The van der Waals surface area contributed by atoms with Gasteiger partial charge in [-0.3, -0.25) is 9.48 Å². The number of hydrogen-bond donors (Lipinski definition) is 1. The smallest absolute Gasteiger partial charge is 0.250 e.